The first-order valence-electron chi connectivity index (χ1n) is 15.4. The van der Waals surface area contributed by atoms with Gasteiger partial charge in [-0.3, -0.25) is 9.59 Å². The highest BCUT2D eigenvalue weighted by molar-refractivity contribution is 5.86. The number of fused-ring (bicyclic) bond motifs is 3. The van der Waals surface area contributed by atoms with Crippen LogP contribution in [0.2, 0.25) is 0 Å². The van der Waals surface area contributed by atoms with Gasteiger partial charge in [0.15, 0.2) is 0 Å². The first-order valence-corrected chi connectivity index (χ1v) is 15.4. The van der Waals surface area contributed by atoms with E-state index >= 15 is 0 Å². The number of nitrogens with two attached hydrogens (primary N) is 1. The third-order valence-electron chi connectivity index (χ3n) is 8.59. The summed E-state index contributed by atoms with van der Waals surface area (Å²) in [5.41, 5.74) is 11.7. The van der Waals surface area contributed by atoms with Crippen LogP contribution in [0.4, 0.5) is 4.79 Å². The number of benzene rings is 5. The molecule has 46 heavy (non-hydrogen) atoms. The van der Waals surface area contributed by atoms with Crippen molar-refractivity contribution in [2.75, 3.05) is 6.61 Å². The summed E-state index contributed by atoms with van der Waals surface area (Å²) in [6.07, 6.45) is -0.830. The van der Waals surface area contributed by atoms with Gasteiger partial charge in [-0.05, 0) is 45.4 Å². The normalized spacial score (nSPS) is 12.8. The third-order valence-corrected chi connectivity index (χ3v) is 8.59. The summed E-state index contributed by atoms with van der Waals surface area (Å²) in [6, 6.07) is 44.3. The standard InChI is InChI=1S/C39H35N3O4/c40-37(44)35(41-38(45)46-26-34-32-22-12-10-20-30(32)31-21-11-13-23-33(31)34)24-25-36(43)42-39(27-14-4-1-5-15-27,28-16-6-2-7-17-28)29-18-8-3-9-19-29/h1-23,34-35H,24-26H2,(H2,40,44)(H,41,45)(H,42,43)/t35-/m0/s1. The summed E-state index contributed by atoms with van der Waals surface area (Å²) in [5.74, 6) is -1.18. The highest BCUT2D eigenvalue weighted by atomic mass is 16.5. The summed E-state index contributed by atoms with van der Waals surface area (Å²) in [4.78, 5) is 39.0. The number of rotatable bonds is 11. The molecule has 1 atom stereocenters. The molecule has 4 N–H and O–H groups in total. The first-order chi connectivity index (χ1) is 22.5. The van der Waals surface area contributed by atoms with E-state index in [1.54, 1.807) is 0 Å². The summed E-state index contributed by atoms with van der Waals surface area (Å²) in [7, 11) is 0. The van der Waals surface area contributed by atoms with Gasteiger partial charge in [0.05, 0.1) is 0 Å². The van der Waals surface area contributed by atoms with Gasteiger partial charge < -0.3 is 21.1 Å². The largest absolute Gasteiger partial charge is 0.449 e. The number of hydrogen-bond donors (Lipinski definition) is 3. The van der Waals surface area contributed by atoms with Crippen molar-refractivity contribution in [3.8, 4) is 11.1 Å². The van der Waals surface area contributed by atoms with E-state index in [1.807, 2.05) is 127 Å². The van der Waals surface area contributed by atoms with Crippen LogP contribution >= 0.6 is 0 Å². The maximum Gasteiger partial charge on any atom is 0.407 e. The highest BCUT2D eigenvalue weighted by Crippen LogP contribution is 2.44. The Balaban J connectivity index is 1.15. The molecule has 5 aromatic rings. The molecular weight excluding hydrogens is 574 g/mol. The summed E-state index contributed by atoms with van der Waals surface area (Å²) < 4.78 is 5.62. The van der Waals surface area contributed by atoms with Crippen LogP contribution in [0.1, 0.15) is 46.6 Å². The Labute approximate surface area is 268 Å². The van der Waals surface area contributed by atoms with Crippen LogP contribution in [0.5, 0.6) is 0 Å². The van der Waals surface area contributed by atoms with Crippen LogP contribution in [0, 0.1) is 0 Å². The van der Waals surface area contributed by atoms with Crippen molar-refractivity contribution in [1.29, 1.82) is 0 Å². The topological polar surface area (TPSA) is 111 Å². The van der Waals surface area contributed by atoms with Crippen molar-refractivity contribution in [1.82, 2.24) is 10.6 Å². The number of alkyl carbamates (subject to hydrolysis) is 1. The third kappa shape index (κ3) is 6.13. The molecule has 7 nitrogen and oxygen atoms in total. The lowest BCUT2D eigenvalue weighted by molar-refractivity contribution is -0.123. The van der Waals surface area contributed by atoms with Crippen molar-refractivity contribution >= 4 is 17.9 Å². The lowest BCUT2D eigenvalue weighted by atomic mass is 9.77. The average Bonchev–Trinajstić information content (AvgIpc) is 3.42. The Hall–Kier alpha value is -5.69. The Morgan fingerprint density at radius 3 is 1.54 bits per heavy atom. The van der Waals surface area contributed by atoms with Gasteiger partial charge in [0.2, 0.25) is 11.8 Å². The van der Waals surface area contributed by atoms with Crippen LogP contribution in [-0.4, -0.2) is 30.6 Å². The smallest absolute Gasteiger partial charge is 0.407 e. The second-order valence-electron chi connectivity index (χ2n) is 11.4. The predicted octanol–water partition coefficient (Wildman–Crippen LogP) is 6.27. The van der Waals surface area contributed by atoms with Crippen molar-refractivity contribution in [3.63, 3.8) is 0 Å². The zero-order valence-electron chi connectivity index (χ0n) is 25.3. The monoisotopic (exact) mass is 609 g/mol. The molecule has 0 radical (unpaired) electrons. The number of nitrogens with one attached hydrogen (secondary N) is 2. The minimum atomic E-state index is -1.10. The maximum absolute atomic E-state index is 13.7. The fraction of sp³-hybridized carbons (Fsp3) is 0.154. The molecule has 5 aromatic carbocycles. The molecule has 0 bridgehead atoms. The minimum Gasteiger partial charge on any atom is -0.449 e. The van der Waals surface area contributed by atoms with Gasteiger partial charge in [-0.25, -0.2) is 4.79 Å². The van der Waals surface area contributed by atoms with E-state index in [0.717, 1.165) is 38.9 Å². The molecule has 1 aliphatic carbocycles. The van der Waals surface area contributed by atoms with Gasteiger partial charge in [0.25, 0.3) is 0 Å². The fourth-order valence-electron chi connectivity index (χ4n) is 6.40. The number of ether oxygens (including phenoxy) is 1. The minimum absolute atomic E-state index is 0.000187. The Bertz CT molecular complexity index is 1680. The van der Waals surface area contributed by atoms with Crippen LogP contribution in [0.25, 0.3) is 11.1 Å². The molecule has 0 fully saturated rings. The first kappa shape index (κ1) is 30.3. The van der Waals surface area contributed by atoms with Gasteiger partial charge in [-0.15, -0.1) is 0 Å². The lowest BCUT2D eigenvalue weighted by Gasteiger charge is -2.37. The molecule has 1 aliphatic rings. The van der Waals surface area contributed by atoms with Crippen LogP contribution in [0.3, 0.4) is 0 Å². The number of hydrogen-bond acceptors (Lipinski definition) is 4. The molecule has 0 spiro atoms. The number of carbonyl (C=O) groups is 3. The number of carbonyl (C=O) groups excluding carboxylic acids is 3. The van der Waals surface area contributed by atoms with Gasteiger partial charge >= 0.3 is 6.09 Å². The zero-order chi connectivity index (χ0) is 31.9. The van der Waals surface area contributed by atoms with Crippen molar-refractivity contribution in [2.24, 2.45) is 5.73 Å². The van der Waals surface area contributed by atoms with E-state index < -0.39 is 23.6 Å². The van der Waals surface area contributed by atoms with E-state index in [1.165, 1.54) is 0 Å². The van der Waals surface area contributed by atoms with Crippen molar-refractivity contribution < 1.29 is 19.1 Å². The highest BCUT2D eigenvalue weighted by Gasteiger charge is 2.38. The molecular formula is C39H35N3O4. The zero-order valence-corrected chi connectivity index (χ0v) is 25.3. The molecule has 0 saturated heterocycles. The molecule has 0 unspecified atom stereocenters. The molecule has 230 valence electrons. The molecule has 7 heteroatoms. The summed E-state index contributed by atoms with van der Waals surface area (Å²) >= 11 is 0. The second kappa shape index (κ2) is 13.5. The van der Waals surface area contributed by atoms with Gasteiger partial charge in [0, 0.05) is 12.3 Å². The van der Waals surface area contributed by atoms with Gasteiger partial charge in [0.1, 0.15) is 18.2 Å². The molecule has 3 amide bonds. The Morgan fingerprint density at radius 2 is 1.09 bits per heavy atom. The summed E-state index contributed by atoms with van der Waals surface area (Å²) in [6.45, 7) is 0.0968. The van der Waals surface area contributed by atoms with E-state index in [9.17, 15) is 14.4 Å². The van der Waals surface area contributed by atoms with Crippen LogP contribution in [-0.2, 0) is 19.9 Å². The van der Waals surface area contributed by atoms with Crippen molar-refractivity contribution in [3.05, 3.63) is 167 Å². The number of amides is 3. The Morgan fingerprint density at radius 1 is 0.652 bits per heavy atom. The van der Waals surface area contributed by atoms with Crippen molar-refractivity contribution in [2.45, 2.75) is 30.3 Å². The molecule has 0 saturated carbocycles. The van der Waals surface area contributed by atoms with E-state index in [4.69, 9.17) is 10.5 Å². The van der Waals surface area contributed by atoms with E-state index in [-0.39, 0.29) is 31.3 Å². The molecule has 6 rings (SSSR count). The molecule has 0 heterocycles. The van der Waals surface area contributed by atoms with E-state index in [2.05, 4.69) is 22.8 Å². The predicted molar refractivity (Wildman–Crippen MR) is 178 cm³/mol. The molecule has 0 aliphatic heterocycles. The lowest BCUT2D eigenvalue weighted by Crippen LogP contribution is -2.49. The van der Waals surface area contributed by atoms with E-state index in [0.29, 0.717) is 0 Å². The SMILES string of the molecule is NC(=O)[C@H](CCC(=O)NC(c1ccccc1)(c1ccccc1)c1ccccc1)NC(=O)OCC1c2ccccc2-c2ccccc21. The van der Waals surface area contributed by atoms with Gasteiger partial charge in [-0.1, -0.05) is 140 Å². The average molecular weight is 610 g/mol. The second-order valence-corrected chi connectivity index (χ2v) is 11.4. The quantitative estimate of drug-likeness (QED) is 0.153. The maximum atomic E-state index is 13.7. The Kier molecular flexibility index (Phi) is 8.92. The number of primary amides is 1. The summed E-state index contributed by atoms with van der Waals surface area (Å²) in [5, 5.41) is 5.86. The fourth-order valence-corrected chi connectivity index (χ4v) is 6.40. The van der Waals surface area contributed by atoms with Gasteiger partial charge in [-0.2, -0.15) is 0 Å². The van der Waals surface area contributed by atoms with Crippen LogP contribution < -0.4 is 16.4 Å². The van der Waals surface area contributed by atoms with Crippen LogP contribution in [0.15, 0.2) is 140 Å². The molecule has 0 aromatic heterocycles.